The molecule has 0 aliphatic carbocycles. The van der Waals surface area contributed by atoms with Crippen LogP contribution in [0, 0.1) is 5.82 Å². The lowest BCUT2D eigenvalue weighted by molar-refractivity contribution is 0.631. The van der Waals surface area contributed by atoms with Gasteiger partial charge in [0.25, 0.3) is 0 Å². The first-order valence-electron chi connectivity index (χ1n) is 5.34. The van der Waals surface area contributed by atoms with Gasteiger partial charge in [0.15, 0.2) is 0 Å². The van der Waals surface area contributed by atoms with Crippen LogP contribution < -0.4 is 5.73 Å². The quantitative estimate of drug-likeness (QED) is 0.869. The topological polar surface area (TPSA) is 43.1 Å². The number of halogens is 3. The van der Waals surface area contributed by atoms with Crippen LogP contribution in [0.5, 0.6) is 0 Å². The van der Waals surface area contributed by atoms with Crippen LogP contribution in [-0.2, 0) is 16.6 Å². The molecular formula is C13H10Cl2FNOS. The number of hydrogen-bond donors (Lipinski definition) is 1. The van der Waals surface area contributed by atoms with Crippen molar-refractivity contribution >= 4 is 39.7 Å². The van der Waals surface area contributed by atoms with Crippen molar-refractivity contribution in [2.75, 3.05) is 5.73 Å². The van der Waals surface area contributed by atoms with E-state index in [1.807, 2.05) is 0 Å². The zero-order valence-corrected chi connectivity index (χ0v) is 12.0. The molecule has 0 fully saturated rings. The zero-order valence-electron chi connectivity index (χ0n) is 9.70. The third-order valence-corrected chi connectivity index (χ3v) is 4.60. The Labute approximate surface area is 122 Å². The monoisotopic (exact) mass is 317 g/mol. The van der Waals surface area contributed by atoms with E-state index in [2.05, 4.69) is 0 Å². The fourth-order valence-corrected chi connectivity index (χ4v) is 3.34. The second kappa shape index (κ2) is 5.90. The third-order valence-electron chi connectivity index (χ3n) is 2.50. The molecule has 0 amide bonds. The molecule has 1 unspecified atom stereocenters. The van der Waals surface area contributed by atoms with Gasteiger partial charge in [0.1, 0.15) is 5.82 Å². The standard InChI is InChI=1S/C13H10Cl2FNOS/c14-9-2-3-10(15)13(6-9)19(18)7-8-1-4-12(17)11(16)5-8/h1-6H,7,17H2. The van der Waals surface area contributed by atoms with Crippen LogP contribution in [-0.4, -0.2) is 4.21 Å². The number of nitrogen functional groups attached to an aromatic ring is 1. The Morgan fingerprint density at radius 1 is 1.16 bits per heavy atom. The van der Waals surface area contributed by atoms with E-state index >= 15 is 0 Å². The summed E-state index contributed by atoms with van der Waals surface area (Å²) in [5, 5.41) is 0.829. The van der Waals surface area contributed by atoms with E-state index in [1.54, 1.807) is 24.3 Å². The Hall–Kier alpha value is -1.10. The normalized spacial score (nSPS) is 12.4. The van der Waals surface area contributed by atoms with Gasteiger partial charge in [0.05, 0.1) is 32.2 Å². The lowest BCUT2D eigenvalue weighted by Gasteiger charge is -2.06. The molecule has 0 spiro atoms. The molecule has 1 atom stereocenters. The smallest absolute Gasteiger partial charge is 0.146 e. The number of benzene rings is 2. The molecule has 2 nitrogen and oxygen atoms in total. The van der Waals surface area contributed by atoms with Crippen molar-refractivity contribution in [2.24, 2.45) is 0 Å². The summed E-state index contributed by atoms with van der Waals surface area (Å²) in [4.78, 5) is 0.436. The van der Waals surface area contributed by atoms with Gasteiger partial charge in [-0.15, -0.1) is 0 Å². The average molecular weight is 318 g/mol. The van der Waals surface area contributed by atoms with Gasteiger partial charge in [-0.3, -0.25) is 4.21 Å². The molecule has 0 aliphatic heterocycles. The highest BCUT2D eigenvalue weighted by atomic mass is 35.5. The van der Waals surface area contributed by atoms with Gasteiger partial charge in [-0.05, 0) is 35.9 Å². The molecule has 0 bridgehead atoms. The predicted octanol–water partition coefficient (Wildman–Crippen LogP) is 4.02. The predicted molar refractivity (Wildman–Crippen MR) is 77.4 cm³/mol. The van der Waals surface area contributed by atoms with Crippen molar-refractivity contribution in [3.63, 3.8) is 0 Å². The van der Waals surface area contributed by atoms with Gasteiger partial charge in [-0.1, -0.05) is 29.3 Å². The second-order valence-corrected chi connectivity index (χ2v) is 6.18. The molecule has 2 N–H and O–H groups in total. The molecular weight excluding hydrogens is 308 g/mol. The minimum atomic E-state index is -1.39. The van der Waals surface area contributed by atoms with Crippen LogP contribution in [0.25, 0.3) is 0 Å². The first kappa shape index (κ1) is 14.3. The van der Waals surface area contributed by atoms with Gasteiger partial charge >= 0.3 is 0 Å². The number of rotatable bonds is 3. The number of nitrogens with two attached hydrogens (primary N) is 1. The maximum atomic E-state index is 13.3. The Morgan fingerprint density at radius 3 is 2.58 bits per heavy atom. The van der Waals surface area contributed by atoms with Crippen molar-refractivity contribution in [1.82, 2.24) is 0 Å². The molecule has 2 aromatic carbocycles. The van der Waals surface area contributed by atoms with Gasteiger partial charge in [-0.25, -0.2) is 4.39 Å². The Balaban J connectivity index is 2.25. The summed E-state index contributed by atoms with van der Waals surface area (Å²) in [6, 6.07) is 9.10. The average Bonchev–Trinajstić information content (AvgIpc) is 2.36. The maximum Gasteiger partial charge on any atom is 0.146 e. The van der Waals surface area contributed by atoms with Crippen LogP contribution in [0.1, 0.15) is 5.56 Å². The van der Waals surface area contributed by atoms with Crippen LogP contribution in [0.15, 0.2) is 41.3 Å². The highest BCUT2D eigenvalue weighted by Gasteiger charge is 2.11. The van der Waals surface area contributed by atoms with E-state index in [9.17, 15) is 8.60 Å². The lowest BCUT2D eigenvalue weighted by Crippen LogP contribution is -1.99. The van der Waals surface area contributed by atoms with Gasteiger partial charge in [0, 0.05) is 5.02 Å². The van der Waals surface area contributed by atoms with Crippen LogP contribution >= 0.6 is 23.2 Å². The first-order chi connectivity index (χ1) is 8.97. The third kappa shape index (κ3) is 3.47. The Kier molecular flexibility index (Phi) is 4.45. The largest absolute Gasteiger partial charge is 0.396 e. The summed E-state index contributed by atoms with van der Waals surface area (Å²) >= 11 is 11.8. The molecule has 2 rings (SSSR count). The van der Waals surface area contributed by atoms with E-state index in [1.165, 1.54) is 12.1 Å². The molecule has 100 valence electrons. The molecule has 19 heavy (non-hydrogen) atoms. The van der Waals surface area contributed by atoms with E-state index in [-0.39, 0.29) is 11.4 Å². The molecule has 0 radical (unpaired) electrons. The van der Waals surface area contributed by atoms with Crippen LogP contribution in [0.4, 0.5) is 10.1 Å². The zero-order chi connectivity index (χ0) is 14.0. The molecule has 0 aliphatic rings. The van der Waals surface area contributed by atoms with Crippen LogP contribution in [0.3, 0.4) is 0 Å². The van der Waals surface area contributed by atoms with E-state index in [0.29, 0.717) is 20.5 Å². The van der Waals surface area contributed by atoms with Crippen molar-refractivity contribution in [3.05, 3.63) is 57.8 Å². The van der Waals surface area contributed by atoms with Crippen molar-refractivity contribution in [2.45, 2.75) is 10.6 Å². The minimum Gasteiger partial charge on any atom is -0.396 e. The summed E-state index contributed by atoms with van der Waals surface area (Å²) in [7, 11) is -1.39. The number of anilines is 1. The SMILES string of the molecule is Nc1ccc(CS(=O)c2cc(Cl)ccc2Cl)cc1F. The Morgan fingerprint density at radius 2 is 1.89 bits per heavy atom. The van der Waals surface area contributed by atoms with E-state index in [0.717, 1.165) is 0 Å². The highest BCUT2D eigenvalue weighted by molar-refractivity contribution is 7.84. The van der Waals surface area contributed by atoms with Gasteiger partial charge < -0.3 is 5.73 Å². The minimum absolute atomic E-state index is 0.0651. The molecule has 2 aromatic rings. The van der Waals surface area contributed by atoms with Crippen molar-refractivity contribution in [1.29, 1.82) is 0 Å². The lowest BCUT2D eigenvalue weighted by atomic mass is 10.2. The van der Waals surface area contributed by atoms with E-state index in [4.69, 9.17) is 28.9 Å². The summed E-state index contributed by atoms with van der Waals surface area (Å²) in [5.41, 5.74) is 6.03. The highest BCUT2D eigenvalue weighted by Crippen LogP contribution is 2.25. The van der Waals surface area contributed by atoms with Gasteiger partial charge in [-0.2, -0.15) is 0 Å². The Bertz CT molecular complexity index is 649. The number of hydrogen-bond acceptors (Lipinski definition) is 2. The summed E-state index contributed by atoms with van der Waals surface area (Å²) in [6.07, 6.45) is 0. The molecule has 0 aromatic heterocycles. The van der Waals surface area contributed by atoms with Crippen molar-refractivity contribution in [3.8, 4) is 0 Å². The van der Waals surface area contributed by atoms with E-state index < -0.39 is 16.6 Å². The van der Waals surface area contributed by atoms with Gasteiger partial charge in [0.2, 0.25) is 0 Å². The molecule has 6 heteroatoms. The molecule has 0 heterocycles. The van der Waals surface area contributed by atoms with Crippen molar-refractivity contribution < 1.29 is 8.60 Å². The molecule has 0 saturated carbocycles. The summed E-state index contributed by atoms with van der Waals surface area (Å²) in [5.74, 6) is -0.372. The second-order valence-electron chi connectivity index (χ2n) is 3.92. The maximum absolute atomic E-state index is 13.3. The summed E-state index contributed by atoms with van der Waals surface area (Å²) in [6.45, 7) is 0. The summed E-state index contributed by atoms with van der Waals surface area (Å²) < 4.78 is 25.5. The fraction of sp³-hybridized carbons (Fsp3) is 0.0769. The van der Waals surface area contributed by atoms with Crippen LogP contribution in [0.2, 0.25) is 10.0 Å². The molecule has 0 saturated heterocycles. The fourth-order valence-electron chi connectivity index (χ4n) is 1.54. The first-order valence-corrected chi connectivity index (χ1v) is 7.42.